The van der Waals surface area contributed by atoms with E-state index in [0.29, 0.717) is 28.1 Å². The summed E-state index contributed by atoms with van der Waals surface area (Å²) in [6.07, 6.45) is -2.71. The maximum atomic E-state index is 14.7. The standard InChI is InChI=1S/C38H30ClF3N4O5/c1-37-26(34(49)45(36(37)51)19-8-4-3-5-9-19)18-25-23(31(37)22-14-16-28(47)21-11-7-6-10-20(21)22)12-13-24-30(25)35(50)46(33(24)48)44(2)32-27(39)15-17-29(43-32)38(40,41)42/h3-12,14-17,24-26,30-31,47H,13,18H2,1-2H3/t24-,25+,26-,30-,31-,37+/m0/s1. The zero-order chi connectivity index (χ0) is 36.1. The molecule has 2 aliphatic heterocycles. The van der Waals surface area contributed by atoms with Crippen molar-refractivity contribution in [3.8, 4) is 5.75 Å². The summed E-state index contributed by atoms with van der Waals surface area (Å²) < 4.78 is 40.8. The van der Waals surface area contributed by atoms with Crippen molar-refractivity contribution >= 4 is 57.5 Å². The molecular formula is C38H30ClF3N4O5. The number of phenols is 1. The molecule has 1 aromatic heterocycles. The number of hydrazine groups is 1. The number of amides is 4. The van der Waals surface area contributed by atoms with Crippen molar-refractivity contribution in [1.82, 2.24) is 9.99 Å². The number of imide groups is 2. The summed E-state index contributed by atoms with van der Waals surface area (Å²) >= 11 is 6.27. The van der Waals surface area contributed by atoms with Crippen molar-refractivity contribution in [3.63, 3.8) is 0 Å². The zero-order valence-electron chi connectivity index (χ0n) is 27.3. The molecule has 1 N–H and O–H groups in total. The van der Waals surface area contributed by atoms with E-state index in [2.05, 4.69) is 4.98 Å². The van der Waals surface area contributed by atoms with Gasteiger partial charge >= 0.3 is 6.18 Å². The minimum atomic E-state index is -4.80. The van der Waals surface area contributed by atoms with Gasteiger partial charge in [-0.1, -0.05) is 71.8 Å². The normalized spacial score (nSPS) is 27.4. The highest BCUT2D eigenvalue weighted by Crippen LogP contribution is 2.64. The van der Waals surface area contributed by atoms with Crippen molar-refractivity contribution in [2.75, 3.05) is 17.0 Å². The minimum Gasteiger partial charge on any atom is -0.507 e. The fourth-order valence-corrected chi connectivity index (χ4v) is 9.16. The number of halogens is 4. The van der Waals surface area contributed by atoms with E-state index < -0.39 is 76.3 Å². The van der Waals surface area contributed by atoms with Gasteiger partial charge in [-0.05, 0) is 67.0 Å². The summed E-state index contributed by atoms with van der Waals surface area (Å²) in [5, 5.41) is 13.6. The number of alkyl halides is 3. The highest BCUT2D eigenvalue weighted by molar-refractivity contribution is 6.33. The van der Waals surface area contributed by atoms with E-state index in [1.54, 1.807) is 61.5 Å². The molecule has 51 heavy (non-hydrogen) atoms. The van der Waals surface area contributed by atoms with Crippen LogP contribution < -0.4 is 9.91 Å². The Labute approximate surface area is 294 Å². The molecule has 4 amide bonds. The molecule has 13 heteroatoms. The highest BCUT2D eigenvalue weighted by Gasteiger charge is 2.68. The van der Waals surface area contributed by atoms with Crippen LogP contribution in [0.5, 0.6) is 5.75 Å². The largest absolute Gasteiger partial charge is 0.507 e. The van der Waals surface area contributed by atoms with E-state index in [1.807, 2.05) is 18.2 Å². The number of para-hydroxylation sites is 1. The van der Waals surface area contributed by atoms with Crippen LogP contribution in [0, 0.1) is 29.1 Å². The molecule has 8 rings (SSSR count). The fourth-order valence-electron chi connectivity index (χ4n) is 8.93. The Kier molecular flexibility index (Phi) is 7.36. The Hall–Kier alpha value is -5.23. The molecular weight excluding hydrogens is 685 g/mol. The molecule has 2 saturated heterocycles. The summed E-state index contributed by atoms with van der Waals surface area (Å²) in [7, 11) is 1.26. The lowest BCUT2D eigenvalue weighted by molar-refractivity contribution is -0.141. The van der Waals surface area contributed by atoms with Crippen molar-refractivity contribution in [1.29, 1.82) is 0 Å². The van der Waals surface area contributed by atoms with Crippen LogP contribution in [-0.4, -0.2) is 45.8 Å². The summed E-state index contributed by atoms with van der Waals surface area (Å²) in [4.78, 5) is 62.5. The lowest BCUT2D eigenvalue weighted by atomic mass is 9.51. The molecule has 0 bridgehead atoms. The van der Waals surface area contributed by atoms with Gasteiger partial charge in [-0.2, -0.15) is 18.2 Å². The number of aromatic hydroxyl groups is 1. The van der Waals surface area contributed by atoms with Crippen LogP contribution in [0.25, 0.3) is 10.8 Å². The van der Waals surface area contributed by atoms with Crippen LogP contribution >= 0.6 is 11.6 Å². The Morgan fingerprint density at radius 3 is 2.27 bits per heavy atom. The first-order valence-corrected chi connectivity index (χ1v) is 16.8. The van der Waals surface area contributed by atoms with Crippen molar-refractivity contribution in [2.45, 2.75) is 31.9 Å². The van der Waals surface area contributed by atoms with Crippen LogP contribution in [0.3, 0.4) is 0 Å². The number of nitrogens with zero attached hydrogens (tertiary/aromatic N) is 4. The molecule has 0 radical (unpaired) electrons. The van der Waals surface area contributed by atoms with Crippen LogP contribution in [0.15, 0.2) is 90.5 Å². The van der Waals surface area contributed by atoms with Gasteiger partial charge in [0.05, 0.1) is 33.9 Å². The molecule has 260 valence electrons. The maximum absolute atomic E-state index is 14.7. The van der Waals surface area contributed by atoms with E-state index in [1.165, 1.54) is 11.9 Å². The number of allylic oxidation sites excluding steroid dienone is 2. The van der Waals surface area contributed by atoms with E-state index in [-0.39, 0.29) is 23.6 Å². The summed E-state index contributed by atoms with van der Waals surface area (Å²) in [5.74, 6) is -6.63. The molecule has 9 nitrogen and oxygen atoms in total. The van der Waals surface area contributed by atoms with Gasteiger partial charge in [0.1, 0.15) is 11.4 Å². The number of anilines is 2. The van der Waals surface area contributed by atoms with E-state index >= 15 is 0 Å². The van der Waals surface area contributed by atoms with Gasteiger partial charge in [0, 0.05) is 18.4 Å². The average Bonchev–Trinajstić information content (AvgIpc) is 3.48. The number of phenolic OH excluding ortho intramolecular Hbond substituents is 1. The van der Waals surface area contributed by atoms with Crippen LogP contribution in [0.4, 0.5) is 24.7 Å². The smallest absolute Gasteiger partial charge is 0.433 e. The van der Waals surface area contributed by atoms with Crippen molar-refractivity contribution in [2.24, 2.45) is 29.1 Å². The fraction of sp³-hybridized carbons (Fsp3) is 0.289. The third-order valence-electron chi connectivity index (χ3n) is 11.2. The van der Waals surface area contributed by atoms with E-state index in [4.69, 9.17) is 11.6 Å². The Bertz CT molecular complexity index is 2210. The SMILES string of the molecule is CN(c1nc(C(F)(F)F)ccc1Cl)N1C(=O)[C@H]2[C@H](CC=C3[C@H]2C[C@H]2C(=O)N(c4ccccc4)C(=O)[C@@]2(C)[C@H]3c2ccc(O)c3ccccc23)C1=O. The lowest BCUT2D eigenvalue weighted by Gasteiger charge is -2.49. The maximum Gasteiger partial charge on any atom is 0.433 e. The summed E-state index contributed by atoms with van der Waals surface area (Å²) in [5.41, 5.74) is -0.718. The number of carbonyl (C=O) groups is 4. The molecule has 4 aromatic rings. The molecule has 2 aliphatic carbocycles. The number of fused-ring (bicyclic) bond motifs is 5. The number of hydrogen-bond acceptors (Lipinski definition) is 7. The predicted molar refractivity (Wildman–Crippen MR) is 181 cm³/mol. The number of rotatable bonds is 4. The molecule has 1 saturated carbocycles. The quantitative estimate of drug-likeness (QED) is 0.181. The second kappa shape index (κ2) is 11.4. The molecule has 6 atom stereocenters. The van der Waals surface area contributed by atoms with E-state index in [9.17, 15) is 37.5 Å². The molecule has 3 fully saturated rings. The first-order valence-electron chi connectivity index (χ1n) is 16.4. The number of aromatic nitrogens is 1. The van der Waals surface area contributed by atoms with Crippen molar-refractivity contribution in [3.05, 3.63) is 107 Å². The number of hydrogen-bond donors (Lipinski definition) is 1. The summed E-state index contributed by atoms with van der Waals surface area (Å²) in [6, 6.07) is 20.8. The minimum absolute atomic E-state index is 0.0398. The van der Waals surface area contributed by atoms with E-state index in [0.717, 1.165) is 21.7 Å². The zero-order valence-corrected chi connectivity index (χ0v) is 28.0. The average molecular weight is 715 g/mol. The van der Waals surface area contributed by atoms with Gasteiger partial charge in [-0.3, -0.25) is 24.2 Å². The Morgan fingerprint density at radius 2 is 1.57 bits per heavy atom. The Morgan fingerprint density at radius 1 is 0.882 bits per heavy atom. The van der Waals surface area contributed by atoms with Crippen LogP contribution in [0.1, 0.15) is 36.9 Å². The van der Waals surface area contributed by atoms with Gasteiger partial charge in [-0.15, -0.1) is 0 Å². The molecule has 4 aliphatic rings. The van der Waals surface area contributed by atoms with Gasteiger partial charge in [0.2, 0.25) is 11.8 Å². The van der Waals surface area contributed by atoms with Crippen LogP contribution in [-0.2, 0) is 25.4 Å². The number of pyridine rings is 1. The number of benzene rings is 3. The van der Waals surface area contributed by atoms with Gasteiger partial charge in [0.25, 0.3) is 11.8 Å². The Balaban J connectivity index is 1.26. The first-order chi connectivity index (χ1) is 24.2. The first kappa shape index (κ1) is 32.9. The predicted octanol–water partition coefficient (Wildman–Crippen LogP) is 6.89. The number of carbonyl (C=O) groups excluding carboxylic acids is 4. The van der Waals surface area contributed by atoms with Gasteiger partial charge in [0.15, 0.2) is 5.82 Å². The molecule has 0 unspecified atom stereocenters. The van der Waals surface area contributed by atoms with Gasteiger partial charge < -0.3 is 5.11 Å². The second-order valence-electron chi connectivity index (χ2n) is 13.7. The van der Waals surface area contributed by atoms with Crippen molar-refractivity contribution < 1.29 is 37.5 Å². The lowest BCUT2D eigenvalue weighted by Crippen LogP contribution is -2.49. The third-order valence-corrected chi connectivity index (χ3v) is 11.5. The van der Waals surface area contributed by atoms with Gasteiger partial charge in [-0.25, -0.2) is 9.88 Å². The van der Waals surface area contributed by atoms with Crippen LogP contribution in [0.2, 0.25) is 5.02 Å². The molecule has 3 heterocycles. The second-order valence-corrected chi connectivity index (χ2v) is 14.1. The monoisotopic (exact) mass is 714 g/mol. The summed E-state index contributed by atoms with van der Waals surface area (Å²) in [6.45, 7) is 1.78. The topological polar surface area (TPSA) is 111 Å². The molecule has 3 aromatic carbocycles. The molecule has 0 spiro atoms. The highest BCUT2D eigenvalue weighted by atomic mass is 35.5. The third kappa shape index (κ3) is 4.65.